The maximum Gasteiger partial charge on any atom is 0.0671 e. The van der Waals surface area contributed by atoms with Crippen LogP contribution in [0.4, 0.5) is 0 Å². The lowest BCUT2D eigenvalue weighted by Crippen LogP contribution is -1.81. The van der Waals surface area contributed by atoms with Gasteiger partial charge in [-0.05, 0) is 18.2 Å². The van der Waals surface area contributed by atoms with Gasteiger partial charge < -0.3 is 0 Å². The second-order valence-electron chi connectivity index (χ2n) is 2.99. The molecule has 0 unspecified atom stereocenters. The van der Waals surface area contributed by atoms with Gasteiger partial charge in [-0.3, -0.25) is 0 Å². The third-order valence-electron chi connectivity index (χ3n) is 2.03. The predicted octanol–water partition coefficient (Wildman–Crippen LogP) is 5.11. The lowest BCUT2D eigenvalue weighted by molar-refractivity contribution is 1.60. The molecule has 0 fully saturated rings. The lowest BCUT2D eigenvalue weighted by Gasteiger charge is -2.06. The molecule has 0 heterocycles. The lowest BCUT2D eigenvalue weighted by atomic mass is 10.1. The van der Waals surface area contributed by atoms with Crippen LogP contribution in [-0.2, 0) is 0 Å². The van der Waals surface area contributed by atoms with E-state index in [0.717, 1.165) is 11.1 Å². The van der Waals surface area contributed by atoms with Crippen LogP contribution in [0.15, 0.2) is 36.4 Å². The Balaban J connectivity index is 2.65. The average Bonchev–Trinajstić information content (AvgIpc) is 2.23. The molecule has 0 aliphatic rings. The molecule has 0 aromatic heterocycles. The van der Waals surface area contributed by atoms with Crippen LogP contribution < -0.4 is 0 Å². The summed E-state index contributed by atoms with van der Waals surface area (Å²) in [6, 6.07) is 13.9. The number of benzene rings is 2. The molecule has 0 atom stereocenters. The highest BCUT2D eigenvalue weighted by Crippen LogP contribution is 2.36. The molecule has 0 N–H and O–H groups in total. The van der Waals surface area contributed by atoms with Gasteiger partial charge >= 0.3 is 0 Å². The average molecular weight is 257 g/mol. The second-order valence-corrected chi connectivity index (χ2v) is 4.19. The molecule has 2 rings (SSSR count). The Kier molecular flexibility index (Phi) is 3.20. The Morgan fingerprint density at radius 3 is 2.33 bits per heavy atom. The maximum absolute atomic E-state index is 6.09. The number of hydrogen-bond donors (Lipinski definition) is 0. The van der Waals surface area contributed by atoms with E-state index in [0.29, 0.717) is 15.1 Å². The molecule has 0 saturated heterocycles. The van der Waals surface area contributed by atoms with Crippen molar-refractivity contribution in [1.29, 1.82) is 0 Å². The summed E-state index contributed by atoms with van der Waals surface area (Å²) in [4.78, 5) is 0. The van der Waals surface area contributed by atoms with Crippen LogP contribution >= 0.6 is 34.8 Å². The van der Waals surface area contributed by atoms with Crippen molar-refractivity contribution in [2.75, 3.05) is 0 Å². The first kappa shape index (κ1) is 10.8. The zero-order chi connectivity index (χ0) is 10.8. The molecule has 15 heavy (non-hydrogen) atoms. The first-order valence-corrected chi connectivity index (χ1v) is 5.44. The molecule has 0 bridgehead atoms. The Morgan fingerprint density at radius 2 is 1.60 bits per heavy atom. The molecule has 3 heteroatoms. The van der Waals surface area contributed by atoms with Crippen LogP contribution in [-0.4, -0.2) is 0 Å². The summed E-state index contributed by atoms with van der Waals surface area (Å²) in [5.74, 6) is 0. The van der Waals surface area contributed by atoms with Gasteiger partial charge in [0.25, 0.3) is 0 Å². The molecule has 2 aromatic rings. The minimum absolute atomic E-state index is 0.503. The van der Waals surface area contributed by atoms with Gasteiger partial charge in [0.15, 0.2) is 0 Å². The summed E-state index contributed by atoms with van der Waals surface area (Å²) in [5.41, 5.74) is 1.57. The third kappa shape index (κ3) is 2.12. The van der Waals surface area contributed by atoms with Crippen LogP contribution in [0, 0.1) is 6.07 Å². The monoisotopic (exact) mass is 255 g/mol. The van der Waals surface area contributed by atoms with E-state index in [1.54, 1.807) is 18.2 Å². The fourth-order valence-corrected chi connectivity index (χ4v) is 1.94. The zero-order valence-electron chi connectivity index (χ0n) is 7.60. The van der Waals surface area contributed by atoms with Crippen LogP contribution in [0.1, 0.15) is 0 Å². The van der Waals surface area contributed by atoms with Crippen molar-refractivity contribution in [2.24, 2.45) is 0 Å². The molecule has 2 aromatic carbocycles. The van der Waals surface area contributed by atoms with Gasteiger partial charge in [-0.25, -0.2) is 0 Å². The van der Waals surface area contributed by atoms with Gasteiger partial charge in [0.05, 0.1) is 10.0 Å². The molecule has 0 spiro atoms. The predicted molar refractivity (Wildman–Crippen MR) is 65.7 cm³/mol. The van der Waals surface area contributed by atoms with E-state index < -0.39 is 0 Å². The van der Waals surface area contributed by atoms with Crippen LogP contribution in [0.3, 0.4) is 0 Å². The van der Waals surface area contributed by atoms with Gasteiger partial charge in [0.1, 0.15) is 0 Å². The molecule has 0 aliphatic carbocycles. The van der Waals surface area contributed by atoms with E-state index in [9.17, 15) is 0 Å². The van der Waals surface area contributed by atoms with Gasteiger partial charge in [0.2, 0.25) is 0 Å². The van der Waals surface area contributed by atoms with Gasteiger partial charge in [-0.2, -0.15) is 0 Å². The normalized spacial score (nSPS) is 10.3. The van der Waals surface area contributed by atoms with E-state index in [-0.39, 0.29) is 0 Å². The topological polar surface area (TPSA) is 0 Å². The molecular formula is C12H6Cl3. The zero-order valence-corrected chi connectivity index (χ0v) is 9.87. The molecule has 0 saturated carbocycles. The first-order chi connectivity index (χ1) is 7.20. The van der Waals surface area contributed by atoms with Crippen LogP contribution in [0.5, 0.6) is 0 Å². The van der Waals surface area contributed by atoms with Gasteiger partial charge in [-0.1, -0.05) is 59.1 Å². The van der Waals surface area contributed by atoms with Crippen LogP contribution in [0.2, 0.25) is 15.1 Å². The number of halogens is 3. The Labute approximate surface area is 103 Å². The molecule has 0 aliphatic heterocycles. The molecule has 75 valence electrons. The van der Waals surface area contributed by atoms with Gasteiger partial charge in [0, 0.05) is 16.1 Å². The SMILES string of the molecule is Clc1ccc[c]c1-c1cccc(Cl)c1Cl. The maximum atomic E-state index is 6.09. The highest BCUT2D eigenvalue weighted by atomic mass is 35.5. The molecule has 0 nitrogen and oxygen atoms in total. The van der Waals surface area contributed by atoms with Crippen molar-refractivity contribution in [3.8, 4) is 11.1 Å². The fourth-order valence-electron chi connectivity index (χ4n) is 1.32. The number of hydrogen-bond acceptors (Lipinski definition) is 0. The van der Waals surface area contributed by atoms with E-state index in [2.05, 4.69) is 6.07 Å². The van der Waals surface area contributed by atoms with Crippen molar-refractivity contribution < 1.29 is 0 Å². The third-order valence-corrected chi connectivity index (χ3v) is 3.16. The Morgan fingerprint density at radius 1 is 0.867 bits per heavy atom. The number of rotatable bonds is 1. The van der Waals surface area contributed by atoms with Crippen molar-refractivity contribution in [2.45, 2.75) is 0 Å². The highest BCUT2D eigenvalue weighted by Gasteiger charge is 2.09. The second kappa shape index (κ2) is 4.44. The van der Waals surface area contributed by atoms with E-state index >= 15 is 0 Å². The smallest absolute Gasteiger partial charge is 0.0671 e. The fraction of sp³-hybridized carbons (Fsp3) is 0. The Hall–Kier alpha value is -0.690. The van der Waals surface area contributed by atoms with Crippen molar-refractivity contribution in [3.63, 3.8) is 0 Å². The quantitative estimate of drug-likeness (QED) is 0.665. The molecule has 0 amide bonds. The van der Waals surface area contributed by atoms with E-state index in [1.165, 1.54) is 0 Å². The summed E-state index contributed by atoms with van der Waals surface area (Å²) in [5, 5.41) is 1.63. The molecule has 1 radical (unpaired) electrons. The summed E-state index contributed by atoms with van der Waals surface area (Å²) in [7, 11) is 0. The highest BCUT2D eigenvalue weighted by molar-refractivity contribution is 6.44. The van der Waals surface area contributed by atoms with E-state index in [4.69, 9.17) is 34.8 Å². The van der Waals surface area contributed by atoms with Gasteiger partial charge in [-0.15, -0.1) is 0 Å². The van der Waals surface area contributed by atoms with Crippen molar-refractivity contribution in [1.82, 2.24) is 0 Å². The summed E-state index contributed by atoms with van der Waals surface area (Å²) in [6.45, 7) is 0. The summed E-state index contributed by atoms with van der Waals surface area (Å²) >= 11 is 18.1. The minimum atomic E-state index is 0.503. The largest absolute Gasteiger partial charge is 0.0836 e. The van der Waals surface area contributed by atoms with Crippen LogP contribution in [0.25, 0.3) is 11.1 Å². The first-order valence-electron chi connectivity index (χ1n) is 4.30. The minimum Gasteiger partial charge on any atom is -0.0836 e. The summed E-state index contributed by atoms with van der Waals surface area (Å²) < 4.78 is 0. The standard InChI is InChI=1S/C12H6Cl3/c13-10-6-2-1-4-8(10)9-5-3-7-11(14)12(9)15/h1-3,5-7H. The van der Waals surface area contributed by atoms with Crippen molar-refractivity contribution >= 4 is 34.8 Å². The summed E-state index contributed by atoms with van der Waals surface area (Å²) in [6.07, 6.45) is 0. The molecular weight excluding hydrogens is 250 g/mol. The van der Waals surface area contributed by atoms with E-state index in [1.807, 2.05) is 18.2 Å². The Bertz CT molecular complexity index is 492. The van der Waals surface area contributed by atoms with Crippen molar-refractivity contribution in [3.05, 3.63) is 57.5 Å².